The summed E-state index contributed by atoms with van der Waals surface area (Å²) in [6.45, 7) is 1.33. The van der Waals surface area contributed by atoms with Crippen LogP contribution in [0, 0.1) is 6.92 Å². The summed E-state index contributed by atoms with van der Waals surface area (Å²) >= 11 is 6.35. The maximum atomic E-state index is 13.6. The molecule has 4 rings (SSSR count). The number of benzene rings is 3. The first-order valence-corrected chi connectivity index (χ1v) is 14.1. The SMILES string of the molecule is Cc1ccc(S(=O)(=O)N(CC(=O)Nc2ccccc2C(=O)NC2CCCCC2)c2ccccc2Cl)cc1. The second kappa shape index (κ2) is 11.8. The van der Waals surface area contributed by atoms with E-state index in [4.69, 9.17) is 11.6 Å². The van der Waals surface area contributed by atoms with Gasteiger partial charge in [-0.15, -0.1) is 0 Å². The number of hydrogen-bond acceptors (Lipinski definition) is 4. The third-order valence-electron chi connectivity index (χ3n) is 6.40. The monoisotopic (exact) mass is 539 g/mol. The maximum absolute atomic E-state index is 13.6. The van der Waals surface area contributed by atoms with Gasteiger partial charge in [-0.1, -0.05) is 72.8 Å². The number of nitrogens with zero attached hydrogens (tertiary/aromatic N) is 1. The van der Waals surface area contributed by atoms with Crippen LogP contribution >= 0.6 is 11.6 Å². The molecule has 1 aliphatic carbocycles. The summed E-state index contributed by atoms with van der Waals surface area (Å²) in [6, 6.07) is 19.7. The number of amides is 2. The van der Waals surface area contributed by atoms with Crippen LogP contribution in [0.1, 0.15) is 48.0 Å². The minimum absolute atomic E-state index is 0.0399. The van der Waals surface area contributed by atoms with Crippen LogP contribution in [-0.4, -0.2) is 32.8 Å². The Hall–Kier alpha value is -3.36. The Balaban J connectivity index is 1.58. The van der Waals surface area contributed by atoms with Gasteiger partial charge in [0.15, 0.2) is 0 Å². The van der Waals surface area contributed by atoms with Gasteiger partial charge >= 0.3 is 0 Å². The van der Waals surface area contributed by atoms with Crippen molar-refractivity contribution in [2.75, 3.05) is 16.2 Å². The fourth-order valence-electron chi connectivity index (χ4n) is 4.41. The summed E-state index contributed by atoms with van der Waals surface area (Å²) in [6.07, 6.45) is 5.20. The van der Waals surface area contributed by atoms with Gasteiger partial charge in [0, 0.05) is 6.04 Å². The summed E-state index contributed by atoms with van der Waals surface area (Å²) in [4.78, 5) is 26.2. The molecule has 37 heavy (non-hydrogen) atoms. The molecule has 1 aliphatic rings. The lowest BCUT2D eigenvalue weighted by molar-refractivity contribution is -0.114. The lowest BCUT2D eigenvalue weighted by Gasteiger charge is -2.25. The third-order valence-corrected chi connectivity index (χ3v) is 8.50. The van der Waals surface area contributed by atoms with E-state index in [-0.39, 0.29) is 27.6 Å². The molecule has 3 aromatic carbocycles. The number of nitrogens with one attached hydrogen (secondary N) is 2. The minimum atomic E-state index is -4.12. The molecular weight excluding hydrogens is 510 g/mol. The van der Waals surface area contributed by atoms with Gasteiger partial charge in [-0.3, -0.25) is 13.9 Å². The van der Waals surface area contributed by atoms with Gasteiger partial charge in [0.05, 0.1) is 26.9 Å². The van der Waals surface area contributed by atoms with Crippen molar-refractivity contribution in [3.63, 3.8) is 0 Å². The normalized spacial score (nSPS) is 14.1. The van der Waals surface area contributed by atoms with Gasteiger partial charge in [0.2, 0.25) is 5.91 Å². The third kappa shape index (κ3) is 6.50. The number of halogens is 1. The summed E-state index contributed by atoms with van der Waals surface area (Å²) in [5, 5.41) is 5.98. The van der Waals surface area contributed by atoms with Gasteiger partial charge in [0.1, 0.15) is 6.54 Å². The van der Waals surface area contributed by atoms with Crippen molar-refractivity contribution < 1.29 is 18.0 Å². The highest BCUT2D eigenvalue weighted by Gasteiger charge is 2.29. The maximum Gasteiger partial charge on any atom is 0.264 e. The molecular formula is C28H30ClN3O4S. The van der Waals surface area contributed by atoms with Crippen LogP contribution in [0.15, 0.2) is 77.7 Å². The molecule has 194 valence electrons. The van der Waals surface area contributed by atoms with Gasteiger partial charge in [0.25, 0.3) is 15.9 Å². The predicted molar refractivity (Wildman–Crippen MR) is 147 cm³/mol. The van der Waals surface area contributed by atoms with Gasteiger partial charge < -0.3 is 10.6 Å². The predicted octanol–water partition coefficient (Wildman–Crippen LogP) is 5.54. The zero-order chi connectivity index (χ0) is 26.4. The van der Waals surface area contributed by atoms with E-state index in [1.807, 2.05) is 6.92 Å². The lowest BCUT2D eigenvalue weighted by Crippen LogP contribution is -2.39. The van der Waals surface area contributed by atoms with Gasteiger partial charge in [-0.25, -0.2) is 8.42 Å². The molecule has 9 heteroatoms. The highest BCUT2D eigenvalue weighted by Crippen LogP contribution is 2.30. The van der Waals surface area contributed by atoms with Crippen molar-refractivity contribution in [2.24, 2.45) is 0 Å². The molecule has 0 radical (unpaired) electrons. The molecule has 2 amide bonds. The van der Waals surface area contributed by atoms with E-state index in [2.05, 4.69) is 10.6 Å². The summed E-state index contributed by atoms with van der Waals surface area (Å²) in [5.74, 6) is -0.869. The summed E-state index contributed by atoms with van der Waals surface area (Å²) in [7, 11) is -4.12. The Morgan fingerprint density at radius 3 is 2.27 bits per heavy atom. The molecule has 0 spiro atoms. The number of carbonyl (C=O) groups excluding carboxylic acids is 2. The zero-order valence-corrected chi connectivity index (χ0v) is 22.2. The Kier molecular flexibility index (Phi) is 8.51. The molecule has 1 saturated carbocycles. The number of anilines is 2. The van der Waals surface area contributed by atoms with Crippen molar-refractivity contribution in [3.05, 3.63) is 88.9 Å². The largest absolute Gasteiger partial charge is 0.349 e. The average molecular weight is 540 g/mol. The van der Waals surface area contributed by atoms with Gasteiger partial charge in [-0.2, -0.15) is 0 Å². The molecule has 7 nitrogen and oxygen atoms in total. The van der Waals surface area contributed by atoms with Crippen LogP contribution in [0.4, 0.5) is 11.4 Å². The second-order valence-electron chi connectivity index (χ2n) is 9.18. The van der Waals surface area contributed by atoms with Crippen LogP contribution in [0.25, 0.3) is 0 Å². The van der Waals surface area contributed by atoms with Crippen LogP contribution in [0.5, 0.6) is 0 Å². The molecule has 0 bridgehead atoms. The smallest absolute Gasteiger partial charge is 0.264 e. The molecule has 0 unspecified atom stereocenters. The molecule has 3 aromatic rings. The van der Waals surface area contributed by atoms with Crippen LogP contribution in [-0.2, 0) is 14.8 Å². The number of hydrogen-bond donors (Lipinski definition) is 2. The minimum Gasteiger partial charge on any atom is -0.349 e. The second-order valence-corrected chi connectivity index (χ2v) is 11.4. The van der Waals surface area contributed by atoms with Crippen LogP contribution < -0.4 is 14.9 Å². The van der Waals surface area contributed by atoms with Crippen molar-refractivity contribution in [1.82, 2.24) is 5.32 Å². The van der Waals surface area contributed by atoms with E-state index in [1.54, 1.807) is 60.7 Å². The quantitative estimate of drug-likeness (QED) is 0.392. The average Bonchev–Trinajstić information content (AvgIpc) is 2.89. The number of para-hydroxylation sites is 2. The van der Waals surface area contributed by atoms with E-state index in [0.29, 0.717) is 11.3 Å². The molecule has 1 fully saturated rings. The van der Waals surface area contributed by atoms with E-state index in [1.165, 1.54) is 18.6 Å². The molecule has 0 aliphatic heterocycles. The van der Waals surface area contributed by atoms with Crippen LogP contribution in [0.3, 0.4) is 0 Å². The Bertz CT molecular complexity index is 1370. The fraction of sp³-hybridized carbons (Fsp3) is 0.286. The molecule has 0 saturated heterocycles. The fourth-order valence-corrected chi connectivity index (χ4v) is 6.14. The summed E-state index contributed by atoms with van der Waals surface area (Å²) < 4.78 is 28.2. The van der Waals surface area contributed by atoms with Crippen molar-refractivity contribution in [1.29, 1.82) is 0 Å². The molecule has 2 N–H and O–H groups in total. The van der Waals surface area contributed by atoms with Crippen molar-refractivity contribution in [2.45, 2.75) is 50.0 Å². The standard InChI is InChI=1S/C28H30ClN3O4S/c1-20-15-17-22(18-16-20)37(35,36)32(26-14-8-6-12-24(26)29)19-27(33)31-25-13-7-5-11-23(25)28(34)30-21-9-3-2-4-10-21/h5-8,11-18,21H,2-4,9-10,19H2,1H3,(H,30,34)(H,31,33). The van der Waals surface area contributed by atoms with Gasteiger partial charge in [-0.05, 0) is 56.2 Å². The van der Waals surface area contributed by atoms with E-state index in [9.17, 15) is 18.0 Å². The first-order chi connectivity index (χ1) is 17.8. The molecule has 0 atom stereocenters. The number of aryl methyl sites for hydroxylation is 1. The summed E-state index contributed by atoms with van der Waals surface area (Å²) in [5.41, 5.74) is 1.73. The topological polar surface area (TPSA) is 95.6 Å². The zero-order valence-electron chi connectivity index (χ0n) is 20.6. The highest BCUT2D eigenvalue weighted by atomic mass is 35.5. The van der Waals surface area contributed by atoms with Crippen LogP contribution in [0.2, 0.25) is 5.02 Å². The Morgan fingerprint density at radius 2 is 1.57 bits per heavy atom. The first kappa shape index (κ1) is 26.7. The molecule has 0 heterocycles. The van der Waals surface area contributed by atoms with Crippen molar-refractivity contribution in [3.8, 4) is 0 Å². The first-order valence-electron chi connectivity index (χ1n) is 12.3. The Labute approximate surface area is 222 Å². The number of carbonyl (C=O) groups is 2. The lowest BCUT2D eigenvalue weighted by atomic mass is 9.95. The van der Waals surface area contributed by atoms with E-state index >= 15 is 0 Å². The Morgan fingerprint density at radius 1 is 0.919 bits per heavy atom. The van der Waals surface area contributed by atoms with Crippen molar-refractivity contribution >= 4 is 44.8 Å². The van der Waals surface area contributed by atoms with E-state index in [0.717, 1.165) is 35.6 Å². The van der Waals surface area contributed by atoms with E-state index < -0.39 is 22.5 Å². The molecule has 0 aromatic heterocycles. The number of rotatable bonds is 8. The highest BCUT2D eigenvalue weighted by molar-refractivity contribution is 7.92. The number of sulfonamides is 1.